The first kappa shape index (κ1) is 13.4. The number of allylic oxidation sites excluding steroid dienone is 2. The number of carbonyl (C=O) groups is 1. The highest BCUT2D eigenvalue weighted by Crippen LogP contribution is 2.18. The molecule has 92 valence electrons. The van der Waals surface area contributed by atoms with Gasteiger partial charge in [-0.2, -0.15) is 5.48 Å². The van der Waals surface area contributed by atoms with E-state index in [2.05, 4.69) is 5.48 Å². The van der Waals surface area contributed by atoms with Crippen molar-refractivity contribution < 1.29 is 19.5 Å². The molecule has 0 radical (unpaired) electrons. The van der Waals surface area contributed by atoms with Gasteiger partial charge in [0.25, 0.3) is 0 Å². The third-order valence-electron chi connectivity index (χ3n) is 2.02. The standard InChI is InChI=1S/C12H15NO4/c1-12(2,3)17-13-10-8(7-14)5-4-6-9(10)11(15)16/h4-6,10,13H,1-3H3,(H,15,16). The number of carboxylic acid groups (broad SMARTS) is 1. The molecule has 0 fully saturated rings. The molecule has 0 aromatic rings. The predicted molar refractivity (Wildman–Crippen MR) is 61.8 cm³/mol. The number of hydrogen-bond acceptors (Lipinski definition) is 4. The van der Waals surface area contributed by atoms with E-state index in [1.807, 2.05) is 20.8 Å². The van der Waals surface area contributed by atoms with Gasteiger partial charge in [-0.15, -0.1) is 0 Å². The van der Waals surface area contributed by atoms with Crippen LogP contribution in [0.2, 0.25) is 0 Å². The highest BCUT2D eigenvalue weighted by Gasteiger charge is 2.27. The Kier molecular flexibility index (Phi) is 4.02. The van der Waals surface area contributed by atoms with Gasteiger partial charge in [-0.3, -0.25) is 4.84 Å². The zero-order valence-electron chi connectivity index (χ0n) is 9.98. The molecule has 2 N–H and O–H groups in total. The summed E-state index contributed by atoms with van der Waals surface area (Å²) in [5, 5.41) is 9.01. The second-order valence-corrected chi connectivity index (χ2v) is 4.61. The largest absolute Gasteiger partial charge is 0.478 e. The lowest BCUT2D eigenvalue weighted by Gasteiger charge is -2.26. The summed E-state index contributed by atoms with van der Waals surface area (Å²) >= 11 is 0. The van der Waals surface area contributed by atoms with E-state index in [-0.39, 0.29) is 11.1 Å². The molecule has 17 heavy (non-hydrogen) atoms. The van der Waals surface area contributed by atoms with Crippen molar-refractivity contribution in [3.63, 3.8) is 0 Å². The lowest BCUT2D eigenvalue weighted by Crippen LogP contribution is -2.41. The molecule has 0 bridgehead atoms. The van der Waals surface area contributed by atoms with Crippen molar-refractivity contribution in [1.82, 2.24) is 5.48 Å². The molecule has 0 aromatic carbocycles. The van der Waals surface area contributed by atoms with Gasteiger partial charge < -0.3 is 5.11 Å². The first-order chi connectivity index (χ1) is 7.85. The Hall–Kier alpha value is -1.68. The molecule has 0 saturated heterocycles. The van der Waals surface area contributed by atoms with Crippen LogP contribution in [0.3, 0.4) is 0 Å². The van der Waals surface area contributed by atoms with Gasteiger partial charge in [0.05, 0.1) is 22.8 Å². The summed E-state index contributed by atoms with van der Waals surface area (Å²) in [4.78, 5) is 27.0. The molecule has 5 heteroatoms. The van der Waals surface area contributed by atoms with E-state index in [0.29, 0.717) is 0 Å². The molecule has 1 unspecified atom stereocenters. The van der Waals surface area contributed by atoms with Gasteiger partial charge in [0.1, 0.15) is 5.94 Å². The smallest absolute Gasteiger partial charge is 0.333 e. The SMILES string of the molecule is CC(C)(C)ONC1C(=C=O)C=CC=C1C(=O)O. The minimum atomic E-state index is -1.10. The molecule has 0 aromatic heterocycles. The predicted octanol–water partition coefficient (Wildman–Crippen LogP) is 1.01. The monoisotopic (exact) mass is 237 g/mol. The number of rotatable bonds is 3. The maximum atomic E-state index is 11.0. The fourth-order valence-corrected chi connectivity index (χ4v) is 1.27. The minimum Gasteiger partial charge on any atom is -0.478 e. The quantitative estimate of drug-likeness (QED) is 0.566. The minimum absolute atomic E-state index is 0.0510. The fraction of sp³-hybridized carbons (Fsp3) is 0.417. The summed E-state index contributed by atoms with van der Waals surface area (Å²) in [5.74, 6) is 0.608. The number of nitrogens with one attached hydrogen (secondary N) is 1. The highest BCUT2D eigenvalue weighted by atomic mass is 16.7. The molecule has 0 amide bonds. The molecule has 0 heterocycles. The van der Waals surface area contributed by atoms with Gasteiger partial charge in [-0.1, -0.05) is 6.08 Å². The van der Waals surface area contributed by atoms with Crippen molar-refractivity contribution in [2.45, 2.75) is 32.4 Å². The zero-order chi connectivity index (χ0) is 13.1. The van der Waals surface area contributed by atoms with Gasteiger partial charge in [-0.05, 0) is 32.9 Å². The molecule has 0 spiro atoms. The summed E-state index contributed by atoms with van der Waals surface area (Å²) < 4.78 is 0. The number of carboxylic acids is 1. The van der Waals surface area contributed by atoms with Crippen molar-refractivity contribution in [2.75, 3.05) is 0 Å². The average Bonchev–Trinajstić information content (AvgIpc) is 2.24. The summed E-state index contributed by atoms with van der Waals surface area (Å²) in [6, 6.07) is -0.797. The Morgan fingerprint density at radius 1 is 1.53 bits per heavy atom. The fourth-order valence-electron chi connectivity index (χ4n) is 1.27. The maximum absolute atomic E-state index is 11.0. The Morgan fingerprint density at radius 3 is 2.65 bits per heavy atom. The van der Waals surface area contributed by atoms with Gasteiger partial charge in [0.2, 0.25) is 0 Å². The maximum Gasteiger partial charge on any atom is 0.333 e. The van der Waals surface area contributed by atoms with Crippen molar-refractivity contribution >= 4 is 11.9 Å². The number of carbonyl (C=O) groups excluding carboxylic acids is 1. The molecule has 1 aliphatic rings. The second-order valence-electron chi connectivity index (χ2n) is 4.61. The second kappa shape index (κ2) is 5.10. The summed E-state index contributed by atoms with van der Waals surface area (Å²) in [7, 11) is 0. The van der Waals surface area contributed by atoms with E-state index >= 15 is 0 Å². The highest BCUT2D eigenvalue weighted by molar-refractivity contribution is 5.91. The van der Waals surface area contributed by atoms with E-state index in [1.165, 1.54) is 18.2 Å². The summed E-state index contributed by atoms with van der Waals surface area (Å²) in [5.41, 5.74) is 2.36. The molecular formula is C12H15NO4. The van der Waals surface area contributed by atoms with Crippen LogP contribution in [0.15, 0.2) is 29.4 Å². The topological polar surface area (TPSA) is 75.6 Å². The van der Waals surface area contributed by atoms with E-state index in [0.717, 1.165) is 0 Å². The van der Waals surface area contributed by atoms with Gasteiger partial charge in [0.15, 0.2) is 0 Å². The molecule has 1 aliphatic carbocycles. The van der Waals surface area contributed by atoms with Crippen molar-refractivity contribution in [2.24, 2.45) is 0 Å². The van der Waals surface area contributed by atoms with E-state index in [9.17, 15) is 9.59 Å². The van der Waals surface area contributed by atoms with Crippen LogP contribution in [0.4, 0.5) is 0 Å². The first-order valence-electron chi connectivity index (χ1n) is 5.15. The van der Waals surface area contributed by atoms with Crippen LogP contribution >= 0.6 is 0 Å². The Bertz CT molecular complexity index is 422. The normalized spacial score (nSPS) is 19.8. The lowest BCUT2D eigenvalue weighted by atomic mass is 9.95. The van der Waals surface area contributed by atoms with Crippen LogP contribution in [0.1, 0.15) is 20.8 Å². The van der Waals surface area contributed by atoms with Crippen LogP contribution in [0.5, 0.6) is 0 Å². The average molecular weight is 237 g/mol. The third kappa shape index (κ3) is 3.67. The number of aliphatic carboxylic acids is 1. The molecule has 0 aliphatic heterocycles. The lowest BCUT2D eigenvalue weighted by molar-refractivity contribution is -0.134. The summed E-state index contributed by atoms with van der Waals surface area (Å²) in [6.45, 7) is 5.44. The first-order valence-corrected chi connectivity index (χ1v) is 5.15. The molecule has 0 saturated carbocycles. The third-order valence-corrected chi connectivity index (χ3v) is 2.02. The van der Waals surface area contributed by atoms with Crippen LogP contribution in [-0.2, 0) is 14.4 Å². The Morgan fingerprint density at radius 2 is 2.18 bits per heavy atom. The van der Waals surface area contributed by atoms with E-state index in [1.54, 1.807) is 5.94 Å². The van der Waals surface area contributed by atoms with Gasteiger partial charge in [-0.25, -0.2) is 9.59 Å². The van der Waals surface area contributed by atoms with Crippen molar-refractivity contribution in [3.05, 3.63) is 29.4 Å². The molecule has 5 nitrogen and oxygen atoms in total. The van der Waals surface area contributed by atoms with Crippen LogP contribution in [-0.4, -0.2) is 28.7 Å². The van der Waals surface area contributed by atoms with Crippen LogP contribution < -0.4 is 5.48 Å². The Labute approximate surface area is 99.4 Å². The molecule has 1 rings (SSSR count). The van der Waals surface area contributed by atoms with E-state index in [4.69, 9.17) is 9.94 Å². The van der Waals surface area contributed by atoms with Crippen molar-refractivity contribution in [3.8, 4) is 0 Å². The summed E-state index contributed by atoms with van der Waals surface area (Å²) in [6.07, 6.45) is 4.43. The molecular weight excluding hydrogens is 222 g/mol. The number of hydroxylamine groups is 1. The molecule has 1 atom stereocenters. The van der Waals surface area contributed by atoms with Gasteiger partial charge >= 0.3 is 5.97 Å². The Balaban J connectivity index is 2.91. The van der Waals surface area contributed by atoms with E-state index < -0.39 is 17.6 Å². The van der Waals surface area contributed by atoms with Crippen LogP contribution in [0.25, 0.3) is 0 Å². The van der Waals surface area contributed by atoms with Crippen molar-refractivity contribution in [1.29, 1.82) is 0 Å². The van der Waals surface area contributed by atoms with Crippen LogP contribution in [0, 0.1) is 0 Å². The van der Waals surface area contributed by atoms with Gasteiger partial charge in [0, 0.05) is 0 Å². The zero-order valence-corrected chi connectivity index (χ0v) is 9.98. The number of hydrogen-bond donors (Lipinski definition) is 2.